The Bertz CT molecular complexity index is 1410. The molecular weight excluding hydrogens is 786 g/mol. The third-order valence-electron chi connectivity index (χ3n) is 6.37. The van der Waals surface area contributed by atoms with E-state index < -0.39 is 53.1 Å². The summed E-state index contributed by atoms with van der Waals surface area (Å²) in [4.78, 5) is 0. The van der Waals surface area contributed by atoms with Gasteiger partial charge >= 0.3 is 273 Å². The Balaban J connectivity index is 0.000000171. The van der Waals surface area contributed by atoms with Crippen LogP contribution in [0.5, 0.6) is 0 Å². The van der Waals surface area contributed by atoms with Crippen LogP contribution in [-0.4, -0.2) is 39.5 Å². The van der Waals surface area contributed by atoms with Crippen LogP contribution >= 0.6 is 0 Å². The molecule has 0 fully saturated rings. The molecule has 6 aromatic carbocycles. The fourth-order valence-electron chi connectivity index (χ4n) is 4.63. The van der Waals surface area contributed by atoms with E-state index in [-0.39, 0.29) is 0 Å². The van der Waals surface area contributed by atoms with Crippen LogP contribution in [-0.2, 0) is 21.2 Å². The van der Waals surface area contributed by atoms with Crippen molar-refractivity contribution in [3.63, 3.8) is 0 Å². The Morgan fingerprint density at radius 3 is 0.535 bits per heavy atom. The van der Waals surface area contributed by atoms with Gasteiger partial charge in [0.15, 0.2) is 0 Å². The van der Waals surface area contributed by atoms with Crippen LogP contribution in [0.1, 0.15) is 0 Å². The molecule has 212 valence electrons. The van der Waals surface area contributed by atoms with Crippen molar-refractivity contribution in [1.29, 1.82) is 0 Å². The van der Waals surface area contributed by atoms with E-state index in [1.54, 1.807) is 0 Å². The maximum atomic E-state index is 8.59. The first kappa shape index (κ1) is 32.9. The quantitative estimate of drug-likeness (QED) is 0.241. The van der Waals surface area contributed by atoms with Crippen molar-refractivity contribution < 1.29 is 29.5 Å². The molecule has 0 amide bonds. The SMILES string of the molecule is [O]=[Cr](=[O])([O-])[O-].c1cc[c]([Sn+]([c]2ccccc2)[c]2ccccc2)cc1.c1cc[c]([Sn+]([c]2ccccc2)[c]2ccccc2)cc1. The molecule has 0 saturated carbocycles. The zero-order valence-electron chi connectivity index (χ0n) is 23.4. The molecule has 0 unspecified atom stereocenters. The van der Waals surface area contributed by atoms with E-state index in [9.17, 15) is 0 Å². The van der Waals surface area contributed by atoms with Gasteiger partial charge in [-0.3, -0.25) is 0 Å². The van der Waals surface area contributed by atoms with Gasteiger partial charge < -0.3 is 0 Å². The van der Waals surface area contributed by atoms with Gasteiger partial charge in [-0.1, -0.05) is 0 Å². The molecule has 6 aromatic rings. The third-order valence-corrected chi connectivity index (χ3v) is 22.0. The van der Waals surface area contributed by atoms with E-state index in [1.807, 2.05) is 0 Å². The molecule has 0 aliphatic carbocycles. The summed E-state index contributed by atoms with van der Waals surface area (Å²) in [7, 11) is 0. The van der Waals surface area contributed by atoms with E-state index in [2.05, 4.69) is 182 Å². The van der Waals surface area contributed by atoms with Crippen molar-refractivity contribution in [3.05, 3.63) is 182 Å². The van der Waals surface area contributed by atoms with Crippen LogP contribution in [0.25, 0.3) is 0 Å². The molecule has 0 aliphatic heterocycles. The molecule has 0 spiro atoms. The second kappa shape index (κ2) is 17.3. The molecule has 6 rings (SSSR count). The summed E-state index contributed by atoms with van der Waals surface area (Å²) in [6.07, 6.45) is 0. The van der Waals surface area contributed by atoms with Crippen molar-refractivity contribution in [2.45, 2.75) is 0 Å². The normalized spacial score (nSPS) is 10.3. The average Bonchev–Trinajstić information content (AvgIpc) is 3.04. The summed E-state index contributed by atoms with van der Waals surface area (Å²) < 4.78 is 43.6. The Morgan fingerprint density at radius 2 is 0.419 bits per heavy atom. The average molecular weight is 816 g/mol. The zero-order chi connectivity index (χ0) is 30.3. The van der Waals surface area contributed by atoms with E-state index in [1.165, 1.54) is 21.5 Å². The minimum atomic E-state index is -5.75. The molecule has 4 nitrogen and oxygen atoms in total. The predicted octanol–water partition coefficient (Wildman–Crippen LogP) is 1.79. The molecule has 0 aliphatic rings. The van der Waals surface area contributed by atoms with Crippen molar-refractivity contribution in [3.8, 4) is 0 Å². The third kappa shape index (κ3) is 11.2. The standard InChI is InChI=1S/6C6H5.Cr.4O.2Sn/c6*1-2-4-6-5-3-1;;;;;;;/h6*1-5H;;;;;;;/q;;;;;;;;;2*-1;2*+1. The summed E-state index contributed by atoms with van der Waals surface area (Å²) in [6.45, 7) is 0. The topological polar surface area (TPSA) is 80.3 Å². The van der Waals surface area contributed by atoms with Crippen LogP contribution in [0, 0.1) is 0 Å². The molecule has 7 heteroatoms. The molecule has 0 bridgehead atoms. The molecule has 0 aromatic heterocycles. The first-order chi connectivity index (χ1) is 20.9. The van der Waals surface area contributed by atoms with Gasteiger partial charge in [-0.05, 0) is 0 Å². The molecule has 0 radical (unpaired) electrons. The van der Waals surface area contributed by atoms with Gasteiger partial charge in [-0.2, -0.15) is 0 Å². The summed E-state index contributed by atoms with van der Waals surface area (Å²) in [5, 5.41) is 0. The molecule has 43 heavy (non-hydrogen) atoms. The summed E-state index contributed by atoms with van der Waals surface area (Å²) in [5.41, 5.74) is 0. The van der Waals surface area contributed by atoms with Crippen LogP contribution in [0.3, 0.4) is 0 Å². The van der Waals surface area contributed by atoms with Crippen LogP contribution in [0.2, 0.25) is 0 Å². The summed E-state index contributed by atoms with van der Waals surface area (Å²) in [5.74, 6) is 0. The van der Waals surface area contributed by atoms with Gasteiger partial charge in [-0.15, -0.1) is 0 Å². The van der Waals surface area contributed by atoms with Gasteiger partial charge in [0.1, 0.15) is 0 Å². The van der Waals surface area contributed by atoms with Crippen molar-refractivity contribution in [2.75, 3.05) is 0 Å². The number of rotatable bonds is 6. The van der Waals surface area contributed by atoms with Crippen LogP contribution in [0.4, 0.5) is 0 Å². The van der Waals surface area contributed by atoms with Crippen LogP contribution in [0.15, 0.2) is 182 Å². The van der Waals surface area contributed by atoms with E-state index in [0.717, 1.165) is 0 Å². The first-order valence-corrected chi connectivity index (χ1v) is 24.3. The first-order valence-electron chi connectivity index (χ1n) is 13.6. The second-order valence-corrected chi connectivity index (χ2v) is 24.8. The zero-order valence-corrected chi connectivity index (χ0v) is 30.3. The van der Waals surface area contributed by atoms with Crippen molar-refractivity contribution >= 4 is 61.0 Å². The second-order valence-electron chi connectivity index (χ2n) is 9.35. The van der Waals surface area contributed by atoms with E-state index >= 15 is 0 Å². The fraction of sp³-hybridized carbons (Fsp3) is 0. The van der Waals surface area contributed by atoms with Crippen molar-refractivity contribution in [2.24, 2.45) is 0 Å². The van der Waals surface area contributed by atoms with Gasteiger partial charge in [0.2, 0.25) is 0 Å². The molecule has 0 saturated heterocycles. The van der Waals surface area contributed by atoms with Gasteiger partial charge in [0.25, 0.3) is 0 Å². The molecule has 0 N–H and O–H groups in total. The van der Waals surface area contributed by atoms with Gasteiger partial charge in [0.05, 0.1) is 0 Å². The maximum absolute atomic E-state index is 8.59. The fourth-order valence-corrected chi connectivity index (χ4v) is 19.3. The Hall–Kier alpha value is -3.03. The van der Waals surface area contributed by atoms with Gasteiger partial charge in [0, 0.05) is 0 Å². The predicted molar refractivity (Wildman–Crippen MR) is 169 cm³/mol. The Morgan fingerprint density at radius 1 is 0.302 bits per heavy atom. The number of benzene rings is 6. The van der Waals surface area contributed by atoms with Crippen LogP contribution < -0.4 is 29.8 Å². The summed E-state index contributed by atoms with van der Waals surface area (Å²) >= 11 is -9.71. The minimum absolute atomic E-state index is 1.53. The number of hydrogen-bond acceptors (Lipinski definition) is 4. The molecule has 0 heterocycles. The van der Waals surface area contributed by atoms with E-state index in [0.29, 0.717) is 0 Å². The van der Waals surface area contributed by atoms with Gasteiger partial charge in [-0.25, -0.2) is 0 Å². The number of hydrogen-bond donors (Lipinski definition) is 0. The Labute approximate surface area is 270 Å². The Kier molecular flexibility index (Phi) is 13.2. The van der Waals surface area contributed by atoms with E-state index in [4.69, 9.17) is 15.9 Å². The van der Waals surface area contributed by atoms with Crippen molar-refractivity contribution in [1.82, 2.24) is 0 Å². The summed E-state index contributed by atoms with van der Waals surface area (Å²) in [6, 6.07) is 65.9. The monoisotopic (exact) mass is 818 g/mol. The molecule has 0 atom stereocenters. The molecular formula is C36H30CrO4Sn2.